The number of rotatable bonds is 3. The van der Waals surface area contributed by atoms with Gasteiger partial charge in [0.1, 0.15) is 12.4 Å². The fourth-order valence-electron chi connectivity index (χ4n) is 2.33. The molecule has 0 aromatic heterocycles. The summed E-state index contributed by atoms with van der Waals surface area (Å²) in [7, 11) is 0. The fourth-order valence-corrected chi connectivity index (χ4v) is 2.33. The van der Waals surface area contributed by atoms with Crippen molar-refractivity contribution in [3.63, 3.8) is 0 Å². The van der Waals surface area contributed by atoms with Crippen LogP contribution in [0.15, 0.2) is 18.2 Å². The van der Waals surface area contributed by atoms with Crippen LogP contribution in [0.1, 0.15) is 35.7 Å². The van der Waals surface area contributed by atoms with E-state index in [1.54, 1.807) is 0 Å². The molecule has 0 saturated carbocycles. The summed E-state index contributed by atoms with van der Waals surface area (Å²) in [6, 6.07) is 3.68. The van der Waals surface area contributed by atoms with Gasteiger partial charge in [-0.3, -0.25) is 4.79 Å². The minimum atomic E-state index is -0.471. The summed E-state index contributed by atoms with van der Waals surface area (Å²) in [5.41, 5.74) is 0.559. The summed E-state index contributed by atoms with van der Waals surface area (Å²) in [6.45, 7) is 2.26. The third kappa shape index (κ3) is 4.03. The van der Waals surface area contributed by atoms with Gasteiger partial charge in [-0.25, -0.2) is 4.39 Å². The molecule has 1 heterocycles. The molecule has 2 rings (SSSR count). The predicted molar refractivity (Wildman–Crippen MR) is 76.3 cm³/mol. The smallest absolute Gasteiger partial charge is 0.252 e. The van der Waals surface area contributed by atoms with Gasteiger partial charge in [0.2, 0.25) is 0 Å². The van der Waals surface area contributed by atoms with Crippen LogP contribution in [-0.4, -0.2) is 36.4 Å². The first-order valence-corrected chi connectivity index (χ1v) is 6.93. The average molecular weight is 291 g/mol. The molecular formula is C16H18FNO3. The monoisotopic (exact) mass is 291 g/mol. The van der Waals surface area contributed by atoms with E-state index < -0.39 is 5.82 Å². The van der Waals surface area contributed by atoms with Gasteiger partial charge in [0.15, 0.2) is 0 Å². The van der Waals surface area contributed by atoms with E-state index in [2.05, 4.69) is 17.2 Å². The van der Waals surface area contributed by atoms with E-state index in [1.807, 2.05) is 6.92 Å². The normalized spacial score (nSPS) is 18.7. The Kier molecular flexibility index (Phi) is 5.32. The standard InChI is InChI=1S/C16H18FNO3/c1-11(15-5-3-9-21-15)18-16(20)14-7-6-13(17)10-12(14)4-2-8-19/h6-7,10-11,15,19H,3,5,8-9H2,1H3,(H,18,20). The summed E-state index contributed by atoms with van der Waals surface area (Å²) < 4.78 is 18.8. The molecule has 1 aromatic rings. The Morgan fingerprint density at radius 3 is 3.10 bits per heavy atom. The number of aliphatic hydroxyl groups excluding tert-OH is 1. The quantitative estimate of drug-likeness (QED) is 0.829. The molecule has 112 valence electrons. The highest BCUT2D eigenvalue weighted by Crippen LogP contribution is 2.16. The Hall–Kier alpha value is -1.90. The molecule has 5 heteroatoms. The highest BCUT2D eigenvalue weighted by Gasteiger charge is 2.24. The third-order valence-electron chi connectivity index (χ3n) is 3.41. The van der Waals surface area contributed by atoms with Gasteiger partial charge in [0.05, 0.1) is 17.7 Å². The highest BCUT2D eigenvalue weighted by atomic mass is 19.1. The molecule has 21 heavy (non-hydrogen) atoms. The molecule has 1 aliphatic heterocycles. The van der Waals surface area contributed by atoms with Crippen molar-refractivity contribution in [3.05, 3.63) is 35.1 Å². The summed E-state index contributed by atoms with van der Waals surface area (Å²) >= 11 is 0. The first-order valence-electron chi connectivity index (χ1n) is 6.93. The highest BCUT2D eigenvalue weighted by molar-refractivity contribution is 5.96. The molecule has 1 aromatic carbocycles. The average Bonchev–Trinajstić information content (AvgIpc) is 2.99. The number of hydrogen-bond acceptors (Lipinski definition) is 3. The number of carbonyl (C=O) groups is 1. The van der Waals surface area contributed by atoms with Crippen molar-refractivity contribution in [1.29, 1.82) is 0 Å². The summed E-state index contributed by atoms with van der Waals surface area (Å²) in [6.07, 6.45) is 1.93. The minimum absolute atomic E-state index is 0.0152. The van der Waals surface area contributed by atoms with Crippen molar-refractivity contribution >= 4 is 5.91 Å². The first-order chi connectivity index (χ1) is 10.1. The molecule has 2 unspecified atom stereocenters. The van der Waals surface area contributed by atoms with Gasteiger partial charge in [0, 0.05) is 12.2 Å². The number of aliphatic hydroxyl groups is 1. The van der Waals surface area contributed by atoms with E-state index in [9.17, 15) is 9.18 Å². The van der Waals surface area contributed by atoms with Crippen LogP contribution in [0.25, 0.3) is 0 Å². The summed E-state index contributed by atoms with van der Waals surface area (Å²) in [5, 5.41) is 11.6. The lowest BCUT2D eigenvalue weighted by Crippen LogP contribution is -2.41. The van der Waals surface area contributed by atoms with Crippen molar-refractivity contribution in [2.75, 3.05) is 13.2 Å². The predicted octanol–water partition coefficient (Wildman–Crippen LogP) is 1.47. The Morgan fingerprint density at radius 1 is 1.62 bits per heavy atom. The van der Waals surface area contributed by atoms with E-state index in [-0.39, 0.29) is 30.2 Å². The van der Waals surface area contributed by atoms with Crippen LogP contribution < -0.4 is 5.32 Å². The SMILES string of the molecule is CC(NC(=O)c1ccc(F)cc1C#CCO)C1CCCO1. The lowest BCUT2D eigenvalue weighted by Gasteiger charge is -2.20. The number of halogens is 1. The summed E-state index contributed by atoms with van der Waals surface area (Å²) in [4.78, 5) is 12.3. The van der Waals surface area contributed by atoms with Gasteiger partial charge < -0.3 is 15.2 Å². The van der Waals surface area contributed by atoms with Crippen LogP contribution in [0, 0.1) is 17.7 Å². The number of ether oxygens (including phenoxy) is 1. The van der Waals surface area contributed by atoms with E-state index in [4.69, 9.17) is 9.84 Å². The second-order valence-corrected chi connectivity index (χ2v) is 4.96. The van der Waals surface area contributed by atoms with Crippen molar-refractivity contribution in [2.24, 2.45) is 0 Å². The lowest BCUT2D eigenvalue weighted by atomic mass is 10.0. The third-order valence-corrected chi connectivity index (χ3v) is 3.41. The van der Waals surface area contributed by atoms with Crippen molar-refractivity contribution < 1.29 is 19.0 Å². The number of hydrogen-bond donors (Lipinski definition) is 2. The van der Waals surface area contributed by atoms with Gasteiger partial charge in [-0.1, -0.05) is 11.8 Å². The molecular weight excluding hydrogens is 273 g/mol. The number of amides is 1. The second-order valence-electron chi connectivity index (χ2n) is 4.96. The number of carbonyl (C=O) groups excluding carboxylic acids is 1. The molecule has 0 aliphatic carbocycles. The molecule has 4 nitrogen and oxygen atoms in total. The second kappa shape index (κ2) is 7.21. The van der Waals surface area contributed by atoms with Crippen LogP contribution in [-0.2, 0) is 4.74 Å². The Balaban J connectivity index is 2.14. The van der Waals surface area contributed by atoms with Gasteiger partial charge in [-0.15, -0.1) is 0 Å². The van der Waals surface area contributed by atoms with Gasteiger partial charge in [0.25, 0.3) is 5.91 Å². The molecule has 0 bridgehead atoms. The Bertz CT molecular complexity index is 571. The van der Waals surface area contributed by atoms with Gasteiger partial charge >= 0.3 is 0 Å². The molecule has 2 atom stereocenters. The molecule has 0 radical (unpaired) electrons. The van der Waals surface area contributed by atoms with Crippen LogP contribution in [0.3, 0.4) is 0 Å². The molecule has 1 saturated heterocycles. The van der Waals surface area contributed by atoms with Crippen molar-refractivity contribution in [2.45, 2.75) is 31.9 Å². The molecule has 2 N–H and O–H groups in total. The zero-order valence-electron chi connectivity index (χ0n) is 11.9. The van der Waals surface area contributed by atoms with E-state index in [1.165, 1.54) is 18.2 Å². The summed E-state index contributed by atoms with van der Waals surface area (Å²) in [5.74, 6) is 4.23. The largest absolute Gasteiger partial charge is 0.384 e. The van der Waals surface area contributed by atoms with Crippen LogP contribution in [0.4, 0.5) is 4.39 Å². The number of nitrogens with one attached hydrogen (secondary N) is 1. The van der Waals surface area contributed by atoms with Crippen molar-refractivity contribution in [1.82, 2.24) is 5.32 Å². The maximum atomic E-state index is 13.3. The lowest BCUT2D eigenvalue weighted by molar-refractivity contribution is 0.0712. The zero-order chi connectivity index (χ0) is 15.2. The first kappa shape index (κ1) is 15.5. The van der Waals surface area contributed by atoms with Crippen LogP contribution in [0.2, 0.25) is 0 Å². The van der Waals surface area contributed by atoms with E-state index in [0.29, 0.717) is 12.2 Å². The van der Waals surface area contributed by atoms with E-state index in [0.717, 1.165) is 12.8 Å². The van der Waals surface area contributed by atoms with Crippen LogP contribution >= 0.6 is 0 Å². The topological polar surface area (TPSA) is 58.6 Å². The van der Waals surface area contributed by atoms with Crippen LogP contribution in [0.5, 0.6) is 0 Å². The zero-order valence-corrected chi connectivity index (χ0v) is 11.9. The van der Waals surface area contributed by atoms with Crippen molar-refractivity contribution in [3.8, 4) is 11.8 Å². The maximum Gasteiger partial charge on any atom is 0.252 e. The minimum Gasteiger partial charge on any atom is -0.384 e. The van der Waals surface area contributed by atoms with Gasteiger partial charge in [-0.2, -0.15) is 0 Å². The fraction of sp³-hybridized carbons (Fsp3) is 0.438. The Morgan fingerprint density at radius 2 is 2.43 bits per heavy atom. The molecule has 1 amide bonds. The number of benzene rings is 1. The molecule has 1 fully saturated rings. The molecule has 1 aliphatic rings. The van der Waals surface area contributed by atoms with Gasteiger partial charge in [-0.05, 0) is 38.0 Å². The Labute approximate surface area is 123 Å². The molecule has 0 spiro atoms. The van der Waals surface area contributed by atoms with E-state index >= 15 is 0 Å². The maximum absolute atomic E-state index is 13.3.